The van der Waals surface area contributed by atoms with Gasteiger partial charge in [-0.1, -0.05) is 17.7 Å². The second-order valence-corrected chi connectivity index (χ2v) is 3.43. The molecule has 1 unspecified atom stereocenters. The molecule has 0 aliphatic carbocycles. The van der Waals surface area contributed by atoms with E-state index >= 15 is 0 Å². The molecule has 1 rings (SSSR count). The van der Waals surface area contributed by atoms with Crippen LogP contribution in [0.4, 0.5) is 8.78 Å². The van der Waals surface area contributed by atoms with Gasteiger partial charge in [-0.05, 0) is 27.0 Å². The summed E-state index contributed by atoms with van der Waals surface area (Å²) in [5.74, 6) is 0.234. The molecule has 0 aliphatic heterocycles. The number of alkyl halides is 2. The monoisotopic (exact) mass is 215 g/mol. The van der Waals surface area contributed by atoms with Gasteiger partial charge in [0, 0.05) is 11.6 Å². The Kier molecular flexibility index (Phi) is 4.03. The highest BCUT2D eigenvalue weighted by Crippen LogP contribution is 2.27. The Hall–Kier alpha value is -1.16. The van der Waals surface area contributed by atoms with Crippen LogP contribution in [0.15, 0.2) is 18.2 Å². The Labute approximate surface area is 88.3 Å². The fourth-order valence-electron chi connectivity index (χ4n) is 1.37. The molecule has 1 aromatic rings. The second-order valence-electron chi connectivity index (χ2n) is 3.43. The SMILES string of the molecule is CNC(C)c1cc(C)ccc1OC(F)F. The van der Waals surface area contributed by atoms with E-state index < -0.39 is 6.61 Å². The predicted molar refractivity (Wildman–Crippen MR) is 55.3 cm³/mol. The van der Waals surface area contributed by atoms with Crippen LogP contribution in [-0.4, -0.2) is 13.7 Å². The molecule has 0 radical (unpaired) electrons. The van der Waals surface area contributed by atoms with Gasteiger partial charge in [0.25, 0.3) is 0 Å². The molecule has 0 saturated heterocycles. The van der Waals surface area contributed by atoms with Crippen LogP contribution in [0.1, 0.15) is 24.1 Å². The van der Waals surface area contributed by atoms with Crippen LogP contribution in [0.5, 0.6) is 5.75 Å². The lowest BCUT2D eigenvalue weighted by molar-refractivity contribution is -0.0506. The first-order valence-electron chi connectivity index (χ1n) is 4.77. The minimum absolute atomic E-state index is 0.0151. The summed E-state index contributed by atoms with van der Waals surface area (Å²) in [4.78, 5) is 0. The summed E-state index contributed by atoms with van der Waals surface area (Å²) >= 11 is 0. The molecule has 1 atom stereocenters. The summed E-state index contributed by atoms with van der Waals surface area (Å²) in [5, 5.41) is 3.00. The lowest BCUT2D eigenvalue weighted by Gasteiger charge is -2.16. The molecule has 0 spiro atoms. The number of hydrogen-bond donors (Lipinski definition) is 1. The van der Waals surface area contributed by atoms with Crippen molar-refractivity contribution >= 4 is 0 Å². The quantitative estimate of drug-likeness (QED) is 0.833. The van der Waals surface area contributed by atoms with Gasteiger partial charge in [0.15, 0.2) is 0 Å². The standard InChI is InChI=1S/C11H15F2NO/c1-7-4-5-10(15-11(12)13)9(6-7)8(2)14-3/h4-6,8,11,14H,1-3H3. The molecule has 0 fully saturated rings. The Bertz CT molecular complexity index is 328. The van der Waals surface area contributed by atoms with Gasteiger partial charge in [-0.2, -0.15) is 8.78 Å². The number of benzene rings is 1. The summed E-state index contributed by atoms with van der Waals surface area (Å²) < 4.78 is 28.7. The van der Waals surface area contributed by atoms with Crippen molar-refractivity contribution in [2.45, 2.75) is 26.5 Å². The zero-order chi connectivity index (χ0) is 11.4. The van der Waals surface area contributed by atoms with Crippen LogP contribution in [0, 0.1) is 6.92 Å². The van der Waals surface area contributed by atoms with Gasteiger partial charge < -0.3 is 10.1 Å². The van der Waals surface area contributed by atoms with E-state index in [-0.39, 0.29) is 11.8 Å². The number of nitrogens with one attached hydrogen (secondary N) is 1. The van der Waals surface area contributed by atoms with E-state index in [0.29, 0.717) is 0 Å². The largest absolute Gasteiger partial charge is 0.434 e. The third-order valence-corrected chi connectivity index (χ3v) is 2.28. The molecular formula is C11H15F2NO. The summed E-state index contributed by atoms with van der Waals surface area (Å²) in [6.07, 6.45) is 0. The molecule has 0 heterocycles. The maximum absolute atomic E-state index is 12.1. The molecule has 15 heavy (non-hydrogen) atoms. The Morgan fingerprint density at radius 2 is 2.00 bits per heavy atom. The van der Waals surface area contributed by atoms with Crippen molar-refractivity contribution in [2.24, 2.45) is 0 Å². The topological polar surface area (TPSA) is 21.3 Å². The van der Waals surface area contributed by atoms with Gasteiger partial charge in [-0.15, -0.1) is 0 Å². The number of halogens is 2. The van der Waals surface area contributed by atoms with Crippen molar-refractivity contribution in [1.82, 2.24) is 5.32 Å². The number of aryl methyl sites for hydroxylation is 1. The number of ether oxygens (including phenoxy) is 1. The molecule has 1 aromatic carbocycles. The fourth-order valence-corrected chi connectivity index (χ4v) is 1.37. The third kappa shape index (κ3) is 3.16. The maximum atomic E-state index is 12.1. The van der Waals surface area contributed by atoms with Crippen molar-refractivity contribution in [1.29, 1.82) is 0 Å². The number of hydrogen-bond acceptors (Lipinski definition) is 2. The second kappa shape index (κ2) is 5.07. The average Bonchev–Trinajstić information content (AvgIpc) is 2.19. The maximum Gasteiger partial charge on any atom is 0.387 e. The Morgan fingerprint density at radius 1 is 1.33 bits per heavy atom. The highest BCUT2D eigenvalue weighted by atomic mass is 19.3. The van der Waals surface area contributed by atoms with Gasteiger partial charge in [0.2, 0.25) is 0 Å². The Morgan fingerprint density at radius 3 is 2.53 bits per heavy atom. The molecule has 84 valence electrons. The first-order valence-corrected chi connectivity index (χ1v) is 4.77. The van der Waals surface area contributed by atoms with E-state index in [0.717, 1.165) is 11.1 Å². The highest BCUT2D eigenvalue weighted by molar-refractivity contribution is 5.38. The fraction of sp³-hybridized carbons (Fsp3) is 0.455. The van der Waals surface area contributed by atoms with Crippen LogP contribution in [0.2, 0.25) is 0 Å². The van der Waals surface area contributed by atoms with E-state index in [1.807, 2.05) is 19.9 Å². The molecular weight excluding hydrogens is 200 g/mol. The summed E-state index contributed by atoms with van der Waals surface area (Å²) in [7, 11) is 1.78. The summed E-state index contributed by atoms with van der Waals surface area (Å²) in [6.45, 7) is 1.03. The summed E-state index contributed by atoms with van der Waals surface area (Å²) in [5.41, 5.74) is 1.77. The average molecular weight is 215 g/mol. The van der Waals surface area contributed by atoms with Crippen LogP contribution in [-0.2, 0) is 0 Å². The van der Waals surface area contributed by atoms with E-state index in [1.165, 1.54) is 0 Å². The highest BCUT2D eigenvalue weighted by Gasteiger charge is 2.13. The lowest BCUT2D eigenvalue weighted by atomic mass is 10.0. The third-order valence-electron chi connectivity index (χ3n) is 2.28. The molecule has 2 nitrogen and oxygen atoms in total. The van der Waals surface area contributed by atoms with Gasteiger partial charge in [0.05, 0.1) is 0 Å². The first-order chi connectivity index (χ1) is 7.04. The van der Waals surface area contributed by atoms with Gasteiger partial charge >= 0.3 is 6.61 Å². The smallest absolute Gasteiger partial charge is 0.387 e. The molecule has 4 heteroatoms. The number of rotatable bonds is 4. The predicted octanol–water partition coefficient (Wildman–Crippen LogP) is 2.88. The van der Waals surface area contributed by atoms with Crippen molar-refractivity contribution in [2.75, 3.05) is 7.05 Å². The van der Waals surface area contributed by atoms with Crippen molar-refractivity contribution < 1.29 is 13.5 Å². The first kappa shape index (κ1) is 11.9. The van der Waals surface area contributed by atoms with Crippen molar-refractivity contribution in [3.05, 3.63) is 29.3 Å². The zero-order valence-electron chi connectivity index (χ0n) is 9.05. The van der Waals surface area contributed by atoms with Crippen molar-refractivity contribution in [3.63, 3.8) is 0 Å². The zero-order valence-corrected chi connectivity index (χ0v) is 9.05. The van der Waals surface area contributed by atoms with Gasteiger partial charge in [0.1, 0.15) is 5.75 Å². The molecule has 0 aliphatic rings. The van der Waals surface area contributed by atoms with Crippen LogP contribution in [0.3, 0.4) is 0 Å². The van der Waals surface area contributed by atoms with Gasteiger partial charge in [-0.3, -0.25) is 0 Å². The Balaban J connectivity index is 3.02. The van der Waals surface area contributed by atoms with Crippen LogP contribution >= 0.6 is 0 Å². The minimum atomic E-state index is -2.78. The van der Waals surface area contributed by atoms with Crippen molar-refractivity contribution in [3.8, 4) is 5.75 Å². The van der Waals surface area contributed by atoms with E-state index in [9.17, 15) is 8.78 Å². The van der Waals surface area contributed by atoms with E-state index in [1.54, 1.807) is 19.2 Å². The molecule has 0 bridgehead atoms. The lowest BCUT2D eigenvalue weighted by Crippen LogP contribution is -2.15. The van der Waals surface area contributed by atoms with E-state index in [2.05, 4.69) is 10.1 Å². The molecule has 0 saturated carbocycles. The van der Waals surface area contributed by atoms with Gasteiger partial charge in [-0.25, -0.2) is 0 Å². The van der Waals surface area contributed by atoms with E-state index in [4.69, 9.17) is 0 Å². The minimum Gasteiger partial charge on any atom is -0.434 e. The molecule has 0 aromatic heterocycles. The normalized spacial score (nSPS) is 12.9. The van der Waals surface area contributed by atoms with Crippen LogP contribution < -0.4 is 10.1 Å². The van der Waals surface area contributed by atoms with Crippen LogP contribution in [0.25, 0.3) is 0 Å². The molecule has 1 N–H and O–H groups in total. The summed E-state index contributed by atoms with van der Waals surface area (Å²) in [6, 6.07) is 5.16. The molecule has 0 amide bonds.